The van der Waals surface area contributed by atoms with Crippen LogP contribution in [0.3, 0.4) is 0 Å². The number of aliphatic hydroxyl groups is 1. The molecular formula is C23H20IrNO3-. The van der Waals surface area contributed by atoms with Gasteiger partial charge in [0.05, 0.1) is 17.0 Å². The van der Waals surface area contributed by atoms with Crippen LogP contribution in [0.15, 0.2) is 70.8 Å². The second kappa shape index (κ2) is 9.45. The number of hydrogen-bond acceptors (Lipinski definition) is 4. The number of ketones is 1. The summed E-state index contributed by atoms with van der Waals surface area (Å²) >= 11 is 0. The summed E-state index contributed by atoms with van der Waals surface area (Å²) in [5.41, 5.74) is 3.85. The maximum absolute atomic E-state index is 10.0. The van der Waals surface area contributed by atoms with Crippen LogP contribution in [0, 0.1) is 13.0 Å². The largest absolute Gasteiger partial charge is 0.518 e. The zero-order valence-corrected chi connectivity index (χ0v) is 18.2. The first-order valence-corrected chi connectivity index (χ1v) is 8.59. The van der Waals surface area contributed by atoms with Gasteiger partial charge in [-0.3, -0.25) is 9.78 Å². The number of carbonyl (C=O) groups is 1. The molecule has 0 bridgehead atoms. The van der Waals surface area contributed by atoms with E-state index >= 15 is 0 Å². The van der Waals surface area contributed by atoms with Crippen LogP contribution < -0.4 is 0 Å². The summed E-state index contributed by atoms with van der Waals surface area (Å²) in [5, 5.41) is 10.5. The number of rotatable bonds is 2. The Kier molecular flexibility index (Phi) is 7.27. The minimum absolute atomic E-state index is 0. The number of benzene rings is 2. The first-order valence-electron chi connectivity index (χ1n) is 8.59. The van der Waals surface area contributed by atoms with Crippen LogP contribution in [0.5, 0.6) is 0 Å². The van der Waals surface area contributed by atoms with Crippen LogP contribution in [-0.4, -0.2) is 15.9 Å². The van der Waals surface area contributed by atoms with Gasteiger partial charge < -0.3 is 9.52 Å². The smallest absolute Gasteiger partial charge is 0.155 e. The van der Waals surface area contributed by atoms with Crippen LogP contribution >= 0.6 is 0 Å². The molecule has 4 rings (SSSR count). The van der Waals surface area contributed by atoms with E-state index in [0.29, 0.717) is 5.76 Å². The number of pyridine rings is 1. The second-order valence-corrected chi connectivity index (χ2v) is 6.29. The van der Waals surface area contributed by atoms with Crippen molar-refractivity contribution in [3.05, 3.63) is 78.1 Å². The van der Waals surface area contributed by atoms with Gasteiger partial charge in [0, 0.05) is 42.8 Å². The van der Waals surface area contributed by atoms with E-state index in [1.54, 1.807) is 0 Å². The number of aromatic nitrogens is 1. The van der Waals surface area contributed by atoms with Gasteiger partial charge in [-0.1, -0.05) is 42.5 Å². The van der Waals surface area contributed by atoms with Gasteiger partial charge in [0.25, 0.3) is 0 Å². The number of fused-ring (bicyclic) bond motifs is 2. The average molecular weight is 551 g/mol. The Bertz CT molecular complexity index is 1110. The third-order valence-corrected chi connectivity index (χ3v) is 3.92. The third kappa shape index (κ3) is 5.16. The third-order valence-electron chi connectivity index (χ3n) is 3.92. The molecule has 0 aliphatic carbocycles. The molecule has 0 aliphatic rings. The molecule has 0 atom stereocenters. The molecule has 1 N–H and O–H groups in total. The van der Waals surface area contributed by atoms with Gasteiger partial charge >= 0.3 is 0 Å². The minimum Gasteiger partial charge on any atom is -0.518 e. The molecule has 0 aliphatic heterocycles. The molecule has 4 aromatic rings. The molecule has 0 unspecified atom stereocenters. The number of aryl methyl sites for hydroxylation is 1. The SMILES string of the molecule is CC(=O)/C=C(/C)O.Cc1cc(-c2[c-]c3ccccc3o2)nc2ccccc12.[Ir]. The Morgan fingerprint density at radius 2 is 1.79 bits per heavy atom. The number of aliphatic hydroxyl groups excluding tert-OH is 1. The molecule has 0 fully saturated rings. The monoisotopic (exact) mass is 551 g/mol. The van der Waals surface area contributed by atoms with Gasteiger partial charge in [-0.2, -0.15) is 0 Å². The number of hydrogen-bond donors (Lipinski definition) is 1. The minimum atomic E-state index is -0.125. The van der Waals surface area contributed by atoms with Crippen molar-refractivity contribution in [2.75, 3.05) is 0 Å². The van der Waals surface area contributed by atoms with Crippen LogP contribution in [0.25, 0.3) is 33.3 Å². The van der Waals surface area contributed by atoms with Gasteiger partial charge in [-0.05, 0) is 32.4 Å². The number of para-hydroxylation sites is 2. The Balaban J connectivity index is 0.000000306. The zero-order valence-electron chi connectivity index (χ0n) is 15.8. The summed E-state index contributed by atoms with van der Waals surface area (Å²) in [6.45, 7) is 4.94. The molecule has 145 valence electrons. The molecular weight excluding hydrogens is 530 g/mol. The molecule has 1 radical (unpaired) electrons. The van der Waals surface area contributed by atoms with E-state index in [1.807, 2.05) is 42.5 Å². The predicted octanol–water partition coefficient (Wildman–Crippen LogP) is 5.79. The molecule has 4 nitrogen and oxygen atoms in total. The van der Waals surface area contributed by atoms with Crippen molar-refractivity contribution in [1.29, 1.82) is 0 Å². The molecule has 0 saturated heterocycles. The Labute approximate surface area is 177 Å². The fourth-order valence-electron chi connectivity index (χ4n) is 2.79. The zero-order chi connectivity index (χ0) is 19.4. The molecule has 2 aromatic carbocycles. The van der Waals surface area contributed by atoms with Gasteiger partial charge in [0.1, 0.15) is 0 Å². The van der Waals surface area contributed by atoms with Crippen LogP contribution in [0.1, 0.15) is 19.4 Å². The van der Waals surface area contributed by atoms with E-state index in [1.165, 1.54) is 30.9 Å². The summed E-state index contributed by atoms with van der Waals surface area (Å²) < 4.78 is 5.84. The maximum Gasteiger partial charge on any atom is 0.155 e. The summed E-state index contributed by atoms with van der Waals surface area (Å²) in [4.78, 5) is 14.7. The molecule has 2 heterocycles. The van der Waals surface area contributed by atoms with E-state index in [4.69, 9.17) is 9.52 Å². The van der Waals surface area contributed by atoms with Gasteiger partial charge in [-0.25, -0.2) is 0 Å². The number of allylic oxidation sites excluding steroid dienone is 2. The average Bonchev–Trinajstić information content (AvgIpc) is 3.05. The van der Waals surface area contributed by atoms with Crippen LogP contribution in [-0.2, 0) is 24.9 Å². The maximum atomic E-state index is 10.0. The molecule has 0 spiro atoms. The molecule has 0 amide bonds. The molecule has 0 saturated carbocycles. The van der Waals surface area contributed by atoms with Crippen molar-refractivity contribution in [2.24, 2.45) is 0 Å². The van der Waals surface area contributed by atoms with Crippen molar-refractivity contribution in [3.8, 4) is 11.5 Å². The van der Waals surface area contributed by atoms with Crippen LogP contribution in [0.4, 0.5) is 0 Å². The number of furan rings is 1. The summed E-state index contributed by atoms with van der Waals surface area (Å²) in [5.74, 6) is 0.632. The Morgan fingerprint density at radius 1 is 1.11 bits per heavy atom. The van der Waals surface area contributed by atoms with E-state index in [-0.39, 0.29) is 31.6 Å². The van der Waals surface area contributed by atoms with Gasteiger partial charge in [0.15, 0.2) is 5.78 Å². The predicted molar refractivity (Wildman–Crippen MR) is 108 cm³/mol. The van der Waals surface area contributed by atoms with Crippen molar-refractivity contribution in [3.63, 3.8) is 0 Å². The quantitative estimate of drug-likeness (QED) is 0.195. The molecule has 28 heavy (non-hydrogen) atoms. The number of carbonyl (C=O) groups excluding carboxylic acids is 1. The fraction of sp³-hybridized carbons (Fsp3) is 0.130. The van der Waals surface area contributed by atoms with Crippen molar-refractivity contribution < 1.29 is 34.4 Å². The Hall–Kier alpha value is -2.75. The van der Waals surface area contributed by atoms with Gasteiger partial charge in [-0.15, -0.1) is 17.5 Å². The van der Waals surface area contributed by atoms with E-state index in [2.05, 4.69) is 30.1 Å². The van der Waals surface area contributed by atoms with E-state index < -0.39 is 0 Å². The van der Waals surface area contributed by atoms with Crippen molar-refractivity contribution in [1.82, 2.24) is 4.98 Å². The summed E-state index contributed by atoms with van der Waals surface area (Å²) in [7, 11) is 0. The number of nitrogens with zero attached hydrogens (tertiary/aromatic N) is 1. The Morgan fingerprint density at radius 3 is 2.43 bits per heavy atom. The fourth-order valence-corrected chi connectivity index (χ4v) is 2.79. The van der Waals surface area contributed by atoms with Crippen molar-refractivity contribution in [2.45, 2.75) is 20.8 Å². The van der Waals surface area contributed by atoms with E-state index in [9.17, 15) is 4.79 Å². The standard InChI is InChI=1S/C18H12NO.C5H8O2.Ir/c1-12-10-16(19-15-8-4-3-7-14(12)15)18-11-13-6-2-5-9-17(13)20-18;1-4(6)3-5(2)7;/h2-10H,1H3;3,6H,1-2H3;/q-1;;/b;4-3-;. The normalized spacial score (nSPS) is 10.9. The van der Waals surface area contributed by atoms with E-state index in [0.717, 1.165) is 22.2 Å². The van der Waals surface area contributed by atoms with Crippen LogP contribution in [0.2, 0.25) is 0 Å². The molecule has 5 heteroatoms. The van der Waals surface area contributed by atoms with Gasteiger partial charge in [0.2, 0.25) is 0 Å². The molecule has 2 aromatic heterocycles. The first kappa shape index (κ1) is 21.5. The topological polar surface area (TPSA) is 63.3 Å². The second-order valence-electron chi connectivity index (χ2n) is 6.29. The summed E-state index contributed by atoms with van der Waals surface area (Å²) in [6.07, 6.45) is 1.17. The summed E-state index contributed by atoms with van der Waals surface area (Å²) in [6, 6.07) is 21.4. The first-order chi connectivity index (χ1) is 12.9. The van der Waals surface area contributed by atoms with Crippen molar-refractivity contribution >= 4 is 27.7 Å².